The molecule has 1 saturated heterocycles. The molecule has 134 valence electrons. The van der Waals surface area contributed by atoms with Crippen LogP contribution in [-0.4, -0.2) is 40.3 Å². The van der Waals surface area contributed by atoms with Crippen molar-refractivity contribution >= 4 is 41.5 Å². The van der Waals surface area contributed by atoms with E-state index >= 15 is 0 Å². The number of rotatable bonds is 4. The summed E-state index contributed by atoms with van der Waals surface area (Å²) in [7, 11) is -7.00. The van der Waals surface area contributed by atoms with E-state index in [1.54, 1.807) is 12.1 Å². The van der Waals surface area contributed by atoms with E-state index in [1.165, 1.54) is 24.3 Å². The molecule has 1 aromatic heterocycles. The molecule has 1 fully saturated rings. The van der Waals surface area contributed by atoms with E-state index in [-0.39, 0.29) is 27.3 Å². The summed E-state index contributed by atoms with van der Waals surface area (Å²) in [5, 5.41) is 2.20. The highest BCUT2D eigenvalue weighted by atomic mass is 79.9. The Morgan fingerprint density at radius 1 is 1.16 bits per heavy atom. The molecule has 0 radical (unpaired) electrons. The lowest BCUT2D eigenvalue weighted by molar-refractivity contribution is 0.0908. The average Bonchev–Trinajstić information content (AvgIpc) is 3.15. The zero-order valence-electron chi connectivity index (χ0n) is 12.8. The van der Waals surface area contributed by atoms with Gasteiger partial charge in [-0.05, 0) is 42.8 Å². The molecule has 0 bridgehead atoms. The number of halogens is 1. The lowest BCUT2D eigenvalue weighted by Gasteiger charge is -2.08. The summed E-state index contributed by atoms with van der Waals surface area (Å²) in [6.45, 7) is 0. The Hall–Kier alpha value is -1.65. The molecule has 2 heterocycles. The summed E-state index contributed by atoms with van der Waals surface area (Å²) in [4.78, 5) is 12.2. The molecule has 1 aliphatic heterocycles. The van der Waals surface area contributed by atoms with Gasteiger partial charge < -0.3 is 9.73 Å². The van der Waals surface area contributed by atoms with Crippen molar-refractivity contribution in [1.82, 2.24) is 5.32 Å². The number of sulfone groups is 2. The Morgan fingerprint density at radius 3 is 2.44 bits per heavy atom. The van der Waals surface area contributed by atoms with Gasteiger partial charge in [-0.1, -0.05) is 15.9 Å². The number of benzene rings is 1. The van der Waals surface area contributed by atoms with Crippen molar-refractivity contribution in [2.75, 3.05) is 11.5 Å². The van der Waals surface area contributed by atoms with Crippen molar-refractivity contribution < 1.29 is 26.0 Å². The van der Waals surface area contributed by atoms with Gasteiger partial charge in [-0.15, -0.1) is 0 Å². The predicted molar refractivity (Wildman–Crippen MR) is 92.8 cm³/mol. The lowest BCUT2D eigenvalue weighted by Crippen LogP contribution is -2.35. The molecular formula is C15H14BrNO6S2. The topological polar surface area (TPSA) is 111 Å². The highest BCUT2D eigenvalue weighted by Gasteiger charge is 2.30. The predicted octanol–water partition coefficient (Wildman–Crippen LogP) is 1.79. The SMILES string of the molecule is O=C(NC1CCS(=O)(=O)C1)c1ccc(S(=O)(=O)c2ccc(Br)cc2)o1. The molecule has 0 spiro atoms. The summed E-state index contributed by atoms with van der Waals surface area (Å²) < 4.78 is 53.7. The van der Waals surface area contributed by atoms with Gasteiger partial charge in [0.2, 0.25) is 14.9 Å². The Balaban J connectivity index is 1.78. The quantitative estimate of drug-likeness (QED) is 0.764. The van der Waals surface area contributed by atoms with Crippen LogP contribution in [0.2, 0.25) is 0 Å². The third-order valence-electron chi connectivity index (χ3n) is 3.76. The fraction of sp³-hybridized carbons (Fsp3) is 0.267. The Bertz CT molecular complexity index is 1010. The van der Waals surface area contributed by atoms with Crippen LogP contribution >= 0.6 is 15.9 Å². The molecule has 1 unspecified atom stereocenters. The molecule has 3 rings (SSSR count). The van der Waals surface area contributed by atoms with E-state index in [4.69, 9.17) is 4.42 Å². The number of hydrogen-bond donors (Lipinski definition) is 1. The van der Waals surface area contributed by atoms with E-state index in [0.29, 0.717) is 6.42 Å². The standard InChI is InChI=1S/C15H14BrNO6S2/c16-10-1-3-12(4-2-10)25(21,22)14-6-5-13(23-14)15(18)17-11-7-8-24(19,20)9-11/h1-6,11H,7-9H2,(H,17,18). The number of carbonyl (C=O) groups is 1. The van der Waals surface area contributed by atoms with Gasteiger partial charge in [0.15, 0.2) is 15.6 Å². The van der Waals surface area contributed by atoms with Crippen LogP contribution in [0.4, 0.5) is 0 Å². The van der Waals surface area contributed by atoms with Crippen LogP contribution in [0.5, 0.6) is 0 Å². The van der Waals surface area contributed by atoms with Crippen molar-refractivity contribution in [3.63, 3.8) is 0 Å². The van der Waals surface area contributed by atoms with Crippen molar-refractivity contribution in [3.05, 3.63) is 46.6 Å². The van der Waals surface area contributed by atoms with E-state index in [1.807, 2.05) is 0 Å². The van der Waals surface area contributed by atoms with E-state index in [9.17, 15) is 21.6 Å². The second kappa shape index (κ2) is 6.58. The number of amides is 1. The maximum absolute atomic E-state index is 12.5. The van der Waals surface area contributed by atoms with E-state index in [0.717, 1.165) is 4.47 Å². The van der Waals surface area contributed by atoms with Gasteiger partial charge in [-0.2, -0.15) is 0 Å². The normalized spacial score (nSPS) is 19.6. The van der Waals surface area contributed by atoms with Crippen molar-refractivity contribution in [2.45, 2.75) is 22.5 Å². The Labute approximate surface area is 153 Å². The first-order chi connectivity index (χ1) is 11.7. The minimum absolute atomic E-state index is 0.0271. The number of nitrogens with one attached hydrogen (secondary N) is 1. The summed E-state index contributed by atoms with van der Waals surface area (Å²) in [5.74, 6) is -0.915. The second-order valence-corrected chi connectivity index (χ2v) is 10.7. The minimum Gasteiger partial charge on any atom is -0.439 e. The van der Waals surface area contributed by atoms with Gasteiger partial charge in [-0.3, -0.25) is 4.79 Å². The maximum Gasteiger partial charge on any atom is 0.287 e. The fourth-order valence-electron chi connectivity index (χ4n) is 2.48. The van der Waals surface area contributed by atoms with Crippen molar-refractivity contribution in [3.8, 4) is 0 Å². The number of carbonyl (C=O) groups excluding carboxylic acids is 1. The summed E-state index contributed by atoms with van der Waals surface area (Å²) in [6.07, 6.45) is 0.332. The molecule has 10 heteroatoms. The van der Waals surface area contributed by atoms with Gasteiger partial charge in [0, 0.05) is 10.5 Å². The Kier molecular flexibility index (Phi) is 4.78. The highest BCUT2D eigenvalue weighted by molar-refractivity contribution is 9.10. The molecule has 1 aliphatic rings. The van der Waals surface area contributed by atoms with Crippen LogP contribution in [0, 0.1) is 0 Å². The minimum atomic E-state index is -3.88. The van der Waals surface area contributed by atoms with Crippen LogP contribution in [0.3, 0.4) is 0 Å². The zero-order valence-corrected chi connectivity index (χ0v) is 16.0. The lowest BCUT2D eigenvalue weighted by atomic mass is 10.2. The summed E-state index contributed by atoms with van der Waals surface area (Å²) >= 11 is 3.23. The zero-order chi connectivity index (χ0) is 18.2. The second-order valence-electron chi connectivity index (χ2n) is 5.65. The van der Waals surface area contributed by atoms with Crippen LogP contribution < -0.4 is 5.32 Å². The summed E-state index contributed by atoms with van der Waals surface area (Å²) in [5.41, 5.74) is 0. The maximum atomic E-state index is 12.5. The van der Waals surface area contributed by atoms with Gasteiger partial charge >= 0.3 is 0 Å². The first kappa shape index (κ1) is 18.2. The molecule has 0 aliphatic carbocycles. The molecule has 7 nitrogen and oxygen atoms in total. The first-order valence-electron chi connectivity index (χ1n) is 7.29. The van der Waals surface area contributed by atoms with Crippen LogP contribution in [0.1, 0.15) is 17.0 Å². The first-order valence-corrected chi connectivity index (χ1v) is 11.4. The number of hydrogen-bond acceptors (Lipinski definition) is 6. The monoisotopic (exact) mass is 447 g/mol. The van der Waals surface area contributed by atoms with Crippen LogP contribution in [0.25, 0.3) is 0 Å². The van der Waals surface area contributed by atoms with Crippen molar-refractivity contribution in [1.29, 1.82) is 0 Å². The third kappa shape index (κ3) is 3.96. The number of furan rings is 1. The van der Waals surface area contributed by atoms with Crippen LogP contribution in [0.15, 0.2) is 55.3 Å². The Morgan fingerprint density at radius 2 is 1.84 bits per heavy atom. The molecule has 1 amide bonds. The molecule has 1 N–H and O–H groups in total. The van der Waals surface area contributed by atoms with Crippen LogP contribution in [-0.2, 0) is 19.7 Å². The summed E-state index contributed by atoms with van der Waals surface area (Å²) in [6, 6.07) is 7.99. The van der Waals surface area contributed by atoms with Gasteiger partial charge in [-0.25, -0.2) is 16.8 Å². The molecular weight excluding hydrogens is 434 g/mol. The van der Waals surface area contributed by atoms with Gasteiger partial charge in [0.25, 0.3) is 5.91 Å². The fourth-order valence-corrected chi connectivity index (χ4v) is 5.59. The van der Waals surface area contributed by atoms with E-state index < -0.39 is 31.6 Å². The average molecular weight is 448 g/mol. The van der Waals surface area contributed by atoms with Gasteiger partial charge in [0.05, 0.1) is 16.4 Å². The van der Waals surface area contributed by atoms with Crippen molar-refractivity contribution in [2.24, 2.45) is 0 Å². The molecule has 1 atom stereocenters. The molecule has 25 heavy (non-hydrogen) atoms. The molecule has 2 aromatic rings. The van der Waals surface area contributed by atoms with Gasteiger partial charge in [0.1, 0.15) is 0 Å². The highest BCUT2D eigenvalue weighted by Crippen LogP contribution is 2.24. The smallest absolute Gasteiger partial charge is 0.287 e. The van der Waals surface area contributed by atoms with E-state index in [2.05, 4.69) is 21.2 Å². The largest absolute Gasteiger partial charge is 0.439 e. The third-order valence-corrected chi connectivity index (χ3v) is 7.70. The molecule has 0 saturated carbocycles. The molecule has 1 aromatic carbocycles.